The van der Waals surface area contributed by atoms with E-state index in [1.807, 2.05) is 13.0 Å². The normalized spacial score (nSPS) is 11.9. The van der Waals surface area contributed by atoms with E-state index in [1.54, 1.807) is 23.6 Å². The van der Waals surface area contributed by atoms with Crippen LogP contribution in [0, 0.1) is 12.7 Å². The number of ether oxygens (including phenoxy) is 2. The van der Waals surface area contributed by atoms with E-state index in [1.165, 1.54) is 29.5 Å². The zero-order chi connectivity index (χ0) is 19.7. The monoisotopic (exact) mass is 398 g/mol. The second kappa shape index (κ2) is 7.32. The molecule has 142 valence electrons. The minimum atomic E-state index is -0.594. The van der Waals surface area contributed by atoms with Crippen molar-refractivity contribution in [3.05, 3.63) is 69.7 Å². The third kappa shape index (κ3) is 3.54. The third-order valence-corrected chi connectivity index (χ3v) is 5.19. The third-order valence-electron chi connectivity index (χ3n) is 4.18. The molecule has 6 nitrogen and oxygen atoms in total. The first kappa shape index (κ1) is 18.0. The second-order valence-corrected chi connectivity index (χ2v) is 7.02. The van der Waals surface area contributed by atoms with E-state index >= 15 is 0 Å². The van der Waals surface area contributed by atoms with Gasteiger partial charge >= 0.3 is 0 Å². The van der Waals surface area contributed by atoms with Gasteiger partial charge in [0.15, 0.2) is 11.5 Å². The molecule has 0 radical (unpaired) electrons. The summed E-state index contributed by atoms with van der Waals surface area (Å²) in [5.74, 6) is -0.316. The van der Waals surface area contributed by atoms with Crippen LogP contribution in [0.25, 0.3) is 0 Å². The second-order valence-electron chi connectivity index (χ2n) is 6.10. The Balaban J connectivity index is 1.51. The highest BCUT2D eigenvalue weighted by atomic mass is 32.1. The number of fused-ring (bicyclic) bond motifs is 1. The standard InChI is InChI=1S/C20H15FN2O4S/c1-11-6-7-28-18(11)20(25)23-15-9-13(3-4-14(15)21)22-19(24)12-2-5-16-17(8-12)27-10-26-16/h2-9H,10H2,1H3,(H,22,24)(H,23,25). The number of anilines is 2. The zero-order valence-corrected chi connectivity index (χ0v) is 15.6. The lowest BCUT2D eigenvalue weighted by atomic mass is 10.1. The quantitative estimate of drug-likeness (QED) is 0.682. The summed E-state index contributed by atoms with van der Waals surface area (Å²) in [6, 6.07) is 10.6. The molecular weight excluding hydrogens is 383 g/mol. The molecule has 0 unspecified atom stereocenters. The van der Waals surface area contributed by atoms with Crippen LogP contribution in [-0.2, 0) is 0 Å². The van der Waals surface area contributed by atoms with Gasteiger partial charge in [0.05, 0.1) is 10.6 Å². The van der Waals surface area contributed by atoms with Crippen molar-refractivity contribution >= 4 is 34.5 Å². The minimum absolute atomic E-state index is 0.0127. The number of rotatable bonds is 4. The van der Waals surface area contributed by atoms with Gasteiger partial charge in [0.1, 0.15) is 5.82 Å². The topological polar surface area (TPSA) is 76.7 Å². The maximum absolute atomic E-state index is 14.1. The van der Waals surface area contributed by atoms with Gasteiger partial charge in [-0.25, -0.2) is 4.39 Å². The van der Waals surface area contributed by atoms with Gasteiger partial charge in [0.25, 0.3) is 11.8 Å². The molecule has 28 heavy (non-hydrogen) atoms. The molecule has 2 amide bonds. The van der Waals surface area contributed by atoms with Crippen molar-refractivity contribution in [3.63, 3.8) is 0 Å². The molecule has 0 saturated carbocycles. The maximum Gasteiger partial charge on any atom is 0.266 e. The Hall–Kier alpha value is -3.39. The van der Waals surface area contributed by atoms with Crippen LogP contribution in [0.5, 0.6) is 11.5 Å². The number of carbonyl (C=O) groups excluding carboxylic acids is 2. The van der Waals surface area contributed by atoms with Crippen LogP contribution in [0.2, 0.25) is 0 Å². The summed E-state index contributed by atoms with van der Waals surface area (Å²) in [6.45, 7) is 1.93. The number of thiophene rings is 1. The summed E-state index contributed by atoms with van der Waals surface area (Å²) in [5, 5.41) is 7.03. The molecule has 0 aliphatic carbocycles. The number of hydrogen-bond acceptors (Lipinski definition) is 5. The molecule has 1 aliphatic heterocycles. The molecule has 4 rings (SSSR count). The van der Waals surface area contributed by atoms with Gasteiger partial charge < -0.3 is 20.1 Å². The van der Waals surface area contributed by atoms with Gasteiger partial charge in [-0.3, -0.25) is 9.59 Å². The molecule has 2 aromatic carbocycles. The molecule has 0 fully saturated rings. The molecular formula is C20H15FN2O4S. The SMILES string of the molecule is Cc1ccsc1C(=O)Nc1cc(NC(=O)c2ccc3c(c2)OCO3)ccc1F. The van der Waals surface area contributed by atoms with Gasteiger partial charge in [-0.1, -0.05) is 0 Å². The number of hydrogen-bond donors (Lipinski definition) is 2. The predicted molar refractivity (Wildman–Crippen MR) is 104 cm³/mol. The number of amides is 2. The Labute approximate surface area is 163 Å². The van der Waals surface area contributed by atoms with Gasteiger partial charge in [-0.05, 0) is 60.3 Å². The largest absolute Gasteiger partial charge is 0.454 e. The zero-order valence-electron chi connectivity index (χ0n) is 14.7. The van der Waals surface area contributed by atoms with Crippen LogP contribution in [0.1, 0.15) is 25.6 Å². The smallest absolute Gasteiger partial charge is 0.266 e. The minimum Gasteiger partial charge on any atom is -0.454 e. The number of benzene rings is 2. The van der Waals surface area contributed by atoms with E-state index in [9.17, 15) is 14.0 Å². The summed E-state index contributed by atoms with van der Waals surface area (Å²) in [5.41, 5.74) is 1.52. The Bertz CT molecular complexity index is 1080. The van der Waals surface area contributed by atoms with E-state index in [0.29, 0.717) is 27.6 Å². The summed E-state index contributed by atoms with van der Waals surface area (Å²) in [6.07, 6.45) is 0. The van der Waals surface area contributed by atoms with Gasteiger partial charge in [0, 0.05) is 11.3 Å². The molecule has 2 N–H and O–H groups in total. The van der Waals surface area contributed by atoms with E-state index in [4.69, 9.17) is 9.47 Å². The van der Waals surface area contributed by atoms with Crippen molar-refractivity contribution in [2.75, 3.05) is 17.4 Å². The Morgan fingerprint density at radius 3 is 2.61 bits per heavy atom. The average Bonchev–Trinajstić information content (AvgIpc) is 3.32. The van der Waals surface area contributed by atoms with Crippen LogP contribution in [-0.4, -0.2) is 18.6 Å². The fourth-order valence-corrected chi connectivity index (χ4v) is 3.54. The van der Waals surface area contributed by atoms with Crippen LogP contribution in [0.3, 0.4) is 0 Å². The van der Waals surface area contributed by atoms with Crippen molar-refractivity contribution in [2.24, 2.45) is 0 Å². The summed E-state index contributed by atoms with van der Waals surface area (Å²) in [4.78, 5) is 25.3. The maximum atomic E-state index is 14.1. The molecule has 0 atom stereocenters. The fraction of sp³-hybridized carbons (Fsp3) is 0.100. The van der Waals surface area contributed by atoms with Crippen molar-refractivity contribution in [2.45, 2.75) is 6.92 Å². The van der Waals surface area contributed by atoms with Crippen LogP contribution < -0.4 is 20.1 Å². The summed E-state index contributed by atoms with van der Waals surface area (Å²) in [7, 11) is 0. The van der Waals surface area contributed by atoms with E-state index < -0.39 is 17.6 Å². The molecule has 1 aliphatic rings. The lowest BCUT2D eigenvalue weighted by Gasteiger charge is -2.10. The highest BCUT2D eigenvalue weighted by molar-refractivity contribution is 7.12. The van der Waals surface area contributed by atoms with Crippen molar-refractivity contribution < 1.29 is 23.5 Å². The Morgan fingerprint density at radius 2 is 1.82 bits per heavy atom. The van der Waals surface area contributed by atoms with Crippen LogP contribution >= 0.6 is 11.3 Å². The highest BCUT2D eigenvalue weighted by Gasteiger charge is 2.17. The first-order valence-corrected chi connectivity index (χ1v) is 9.25. The predicted octanol–water partition coefficient (Wildman–Crippen LogP) is 4.43. The van der Waals surface area contributed by atoms with Crippen molar-refractivity contribution in [3.8, 4) is 11.5 Å². The summed E-state index contributed by atoms with van der Waals surface area (Å²) >= 11 is 1.28. The summed E-state index contributed by atoms with van der Waals surface area (Å²) < 4.78 is 24.6. The van der Waals surface area contributed by atoms with Crippen molar-refractivity contribution in [1.82, 2.24) is 0 Å². The number of nitrogens with one attached hydrogen (secondary N) is 2. The first-order chi connectivity index (χ1) is 13.5. The number of halogens is 1. The Morgan fingerprint density at radius 1 is 1.00 bits per heavy atom. The van der Waals surface area contributed by atoms with Gasteiger partial charge in [-0.15, -0.1) is 11.3 Å². The lowest BCUT2D eigenvalue weighted by Crippen LogP contribution is -2.14. The number of aryl methyl sites for hydroxylation is 1. The van der Waals surface area contributed by atoms with Gasteiger partial charge in [-0.2, -0.15) is 0 Å². The average molecular weight is 398 g/mol. The fourth-order valence-electron chi connectivity index (χ4n) is 2.72. The lowest BCUT2D eigenvalue weighted by molar-refractivity contribution is 0.102. The highest BCUT2D eigenvalue weighted by Crippen LogP contribution is 2.32. The van der Waals surface area contributed by atoms with Crippen LogP contribution in [0.15, 0.2) is 47.8 Å². The Kier molecular flexibility index (Phi) is 4.70. The van der Waals surface area contributed by atoms with E-state index in [0.717, 1.165) is 5.56 Å². The molecule has 0 spiro atoms. The van der Waals surface area contributed by atoms with Gasteiger partial charge in [0.2, 0.25) is 6.79 Å². The molecule has 0 saturated heterocycles. The van der Waals surface area contributed by atoms with E-state index in [-0.39, 0.29) is 12.5 Å². The molecule has 3 aromatic rings. The molecule has 0 bridgehead atoms. The van der Waals surface area contributed by atoms with Crippen molar-refractivity contribution in [1.29, 1.82) is 0 Å². The molecule has 8 heteroatoms. The number of carbonyl (C=O) groups is 2. The molecule has 1 aromatic heterocycles. The first-order valence-electron chi connectivity index (χ1n) is 8.37. The van der Waals surface area contributed by atoms with Crippen LogP contribution in [0.4, 0.5) is 15.8 Å². The van der Waals surface area contributed by atoms with E-state index in [2.05, 4.69) is 10.6 Å². The molecule has 2 heterocycles.